The number of carbonyl (C=O) groups is 1. The maximum Gasteiger partial charge on any atom is 0.373 e. The normalized spacial score (nSPS) is 10.0. The highest BCUT2D eigenvalue weighted by atomic mass is 17.2. The van der Waals surface area contributed by atoms with Crippen LogP contribution in [0.1, 0.15) is 35.7 Å². The molecule has 0 aliphatic heterocycles. The van der Waals surface area contributed by atoms with E-state index in [-0.39, 0.29) is 0 Å². The van der Waals surface area contributed by atoms with Gasteiger partial charge in [-0.05, 0) is 30.5 Å². The van der Waals surface area contributed by atoms with E-state index in [1.807, 2.05) is 12.1 Å². The lowest BCUT2D eigenvalue weighted by molar-refractivity contribution is -0.195. The van der Waals surface area contributed by atoms with Crippen LogP contribution in [-0.4, -0.2) is 5.97 Å². The van der Waals surface area contributed by atoms with E-state index in [0.717, 1.165) is 12.8 Å². The molecule has 81 valence electrons. The number of rotatable bonds is 5. The summed E-state index contributed by atoms with van der Waals surface area (Å²) in [7, 11) is 2.97. The Morgan fingerprint density at radius 3 is 2.53 bits per heavy atom. The second-order valence-corrected chi connectivity index (χ2v) is 3.29. The number of carbonyl (C=O) groups excluding carboxylic acids is 1. The summed E-state index contributed by atoms with van der Waals surface area (Å²) in [5, 5.41) is 0. The van der Waals surface area contributed by atoms with Crippen LogP contribution in [0.5, 0.6) is 0 Å². The maximum atomic E-state index is 11.2. The summed E-state index contributed by atoms with van der Waals surface area (Å²) >= 11 is 0. The number of aryl methyl sites for hydroxylation is 1. The highest BCUT2D eigenvalue weighted by molar-refractivity contribution is 5.88. The molecule has 0 aliphatic carbocycles. The summed E-state index contributed by atoms with van der Waals surface area (Å²) in [5.74, 6) is -0.521. The van der Waals surface area contributed by atoms with Crippen molar-refractivity contribution in [1.82, 2.24) is 0 Å². The second-order valence-electron chi connectivity index (χ2n) is 3.29. The van der Waals surface area contributed by atoms with Crippen LogP contribution in [0.3, 0.4) is 0 Å². The first-order valence-electron chi connectivity index (χ1n) is 5.00. The van der Waals surface area contributed by atoms with Crippen LogP contribution >= 0.6 is 0 Å². The third-order valence-corrected chi connectivity index (χ3v) is 2.14. The van der Waals surface area contributed by atoms with Crippen molar-refractivity contribution in [2.75, 3.05) is 0 Å². The molecule has 0 bridgehead atoms. The molecule has 1 aromatic carbocycles. The molecule has 0 saturated heterocycles. The molecule has 0 unspecified atom stereocenters. The Hall–Kier alpha value is -1.35. The van der Waals surface area contributed by atoms with Gasteiger partial charge in [-0.25, -0.2) is 4.79 Å². The van der Waals surface area contributed by atoms with Gasteiger partial charge in [-0.2, -0.15) is 4.89 Å². The Kier molecular flexibility index (Phi) is 4.84. The molecular weight excluding hydrogens is 192 g/mol. The predicted molar refractivity (Wildman–Crippen MR) is 56.9 cm³/mol. The van der Waals surface area contributed by atoms with Crippen molar-refractivity contribution in [1.29, 1.82) is 0 Å². The molecule has 0 fully saturated rings. The first-order chi connectivity index (χ1) is 7.27. The monoisotopic (exact) mass is 207 g/mol. The molecule has 1 aromatic rings. The third-order valence-electron chi connectivity index (χ3n) is 2.14. The van der Waals surface area contributed by atoms with Crippen molar-refractivity contribution in [2.24, 2.45) is 0 Å². The van der Waals surface area contributed by atoms with Crippen molar-refractivity contribution in [3.05, 3.63) is 42.5 Å². The fourth-order valence-corrected chi connectivity index (χ4v) is 1.29. The zero-order valence-corrected chi connectivity index (χ0v) is 8.86. The van der Waals surface area contributed by atoms with Crippen molar-refractivity contribution < 1.29 is 14.6 Å². The average Bonchev–Trinajstić information content (AvgIpc) is 2.27. The Balaban J connectivity index is 2.59. The van der Waals surface area contributed by atoms with Crippen molar-refractivity contribution in [2.45, 2.75) is 26.2 Å². The van der Waals surface area contributed by atoms with Crippen LogP contribution in [-0.2, 0) is 16.2 Å². The van der Waals surface area contributed by atoms with E-state index in [4.69, 9.17) is 0 Å². The highest BCUT2D eigenvalue weighted by Gasteiger charge is 2.06. The van der Waals surface area contributed by atoms with E-state index < -0.39 is 5.97 Å². The Labute approximate surface area is 89.9 Å². The third kappa shape index (κ3) is 3.72. The fourth-order valence-electron chi connectivity index (χ4n) is 1.29. The summed E-state index contributed by atoms with van der Waals surface area (Å²) in [6, 6.07) is 7.31. The van der Waals surface area contributed by atoms with Gasteiger partial charge in [0.15, 0.2) is 0 Å². The summed E-state index contributed by atoms with van der Waals surface area (Å²) in [4.78, 5) is 19.5. The SMILES string of the molecule is [CH2]OOC(=O)c1ccc(CCCC)cc1. The van der Waals surface area contributed by atoms with Gasteiger partial charge in [-0.1, -0.05) is 25.5 Å². The Morgan fingerprint density at radius 1 is 1.33 bits per heavy atom. The minimum atomic E-state index is -0.521. The van der Waals surface area contributed by atoms with E-state index in [9.17, 15) is 4.79 Å². The zero-order valence-electron chi connectivity index (χ0n) is 8.86. The molecule has 3 heteroatoms. The van der Waals surface area contributed by atoms with E-state index in [1.165, 1.54) is 12.0 Å². The van der Waals surface area contributed by atoms with Crippen molar-refractivity contribution >= 4 is 5.97 Å². The second kappa shape index (κ2) is 6.19. The number of hydrogen-bond donors (Lipinski definition) is 0. The largest absolute Gasteiger partial charge is 0.373 e. The van der Waals surface area contributed by atoms with E-state index >= 15 is 0 Å². The smallest absolute Gasteiger partial charge is 0.293 e. The quantitative estimate of drug-likeness (QED) is 0.550. The van der Waals surface area contributed by atoms with Gasteiger partial charge >= 0.3 is 5.97 Å². The number of benzene rings is 1. The zero-order chi connectivity index (χ0) is 11.1. The van der Waals surface area contributed by atoms with Crippen LogP contribution in [0.25, 0.3) is 0 Å². The first kappa shape index (κ1) is 11.7. The minimum absolute atomic E-state index is 0.471. The lowest BCUT2D eigenvalue weighted by Crippen LogP contribution is -2.03. The first-order valence-corrected chi connectivity index (χ1v) is 5.00. The number of hydrogen-bond acceptors (Lipinski definition) is 3. The molecule has 1 rings (SSSR count). The standard InChI is InChI=1S/C12H15O3/c1-3-4-5-10-6-8-11(9-7-10)12(13)15-14-2/h6-9H,2-5H2,1H3. The van der Waals surface area contributed by atoms with Gasteiger partial charge in [0.05, 0.1) is 5.56 Å². The van der Waals surface area contributed by atoms with Gasteiger partial charge in [-0.3, -0.25) is 4.89 Å². The van der Waals surface area contributed by atoms with E-state index in [2.05, 4.69) is 23.8 Å². The van der Waals surface area contributed by atoms with Gasteiger partial charge in [0, 0.05) is 0 Å². The molecule has 0 heterocycles. The molecule has 0 amide bonds. The molecule has 3 nitrogen and oxygen atoms in total. The highest BCUT2D eigenvalue weighted by Crippen LogP contribution is 2.08. The Bertz CT molecular complexity index is 303. The van der Waals surface area contributed by atoms with Crippen molar-refractivity contribution in [3.63, 3.8) is 0 Å². The number of unbranched alkanes of at least 4 members (excludes halogenated alkanes) is 1. The lowest BCUT2D eigenvalue weighted by atomic mass is 10.1. The van der Waals surface area contributed by atoms with Crippen LogP contribution < -0.4 is 0 Å². The lowest BCUT2D eigenvalue weighted by Gasteiger charge is -2.02. The average molecular weight is 207 g/mol. The maximum absolute atomic E-state index is 11.2. The molecule has 0 N–H and O–H groups in total. The molecule has 0 aliphatic rings. The fraction of sp³-hybridized carbons (Fsp3) is 0.333. The molecule has 0 saturated carbocycles. The predicted octanol–water partition coefficient (Wildman–Crippen LogP) is 2.91. The summed E-state index contributed by atoms with van der Waals surface area (Å²) in [6.07, 6.45) is 3.36. The molecular formula is C12H15O3. The van der Waals surface area contributed by atoms with Gasteiger partial charge in [0.2, 0.25) is 0 Å². The minimum Gasteiger partial charge on any atom is -0.293 e. The topological polar surface area (TPSA) is 35.5 Å². The van der Waals surface area contributed by atoms with Gasteiger partial charge in [0.25, 0.3) is 0 Å². The summed E-state index contributed by atoms with van der Waals surface area (Å²) < 4.78 is 0. The van der Waals surface area contributed by atoms with Crippen LogP contribution in [0, 0.1) is 7.11 Å². The van der Waals surface area contributed by atoms with E-state index in [0.29, 0.717) is 5.56 Å². The molecule has 0 spiro atoms. The molecule has 0 atom stereocenters. The molecule has 0 aromatic heterocycles. The summed E-state index contributed by atoms with van der Waals surface area (Å²) in [6.45, 7) is 2.15. The van der Waals surface area contributed by atoms with Gasteiger partial charge in [-0.15, -0.1) is 0 Å². The summed E-state index contributed by atoms with van der Waals surface area (Å²) in [5.41, 5.74) is 1.70. The molecule has 1 radical (unpaired) electrons. The Morgan fingerprint density at radius 2 is 2.00 bits per heavy atom. The van der Waals surface area contributed by atoms with Gasteiger partial charge < -0.3 is 0 Å². The van der Waals surface area contributed by atoms with Gasteiger partial charge in [0.1, 0.15) is 7.11 Å². The van der Waals surface area contributed by atoms with Crippen LogP contribution in [0.2, 0.25) is 0 Å². The van der Waals surface area contributed by atoms with E-state index in [1.54, 1.807) is 12.1 Å². The molecule has 15 heavy (non-hydrogen) atoms. The van der Waals surface area contributed by atoms with Crippen LogP contribution in [0.15, 0.2) is 24.3 Å². The van der Waals surface area contributed by atoms with Crippen molar-refractivity contribution in [3.8, 4) is 0 Å². The van der Waals surface area contributed by atoms with Crippen LogP contribution in [0.4, 0.5) is 0 Å².